The van der Waals surface area contributed by atoms with E-state index in [4.69, 9.17) is 5.73 Å². The van der Waals surface area contributed by atoms with Crippen LogP contribution in [0.2, 0.25) is 0 Å². The van der Waals surface area contributed by atoms with Crippen LogP contribution in [-0.2, 0) is 6.54 Å². The van der Waals surface area contributed by atoms with Crippen LogP contribution < -0.4 is 11.1 Å². The quantitative estimate of drug-likeness (QED) is 0.358. The SMILES string of the molecule is Nc1c(C(=O)NCc2cccs2)c2nc3ccccc3nc2n1/N=C\c1cccc(O)c1. The molecule has 8 nitrogen and oxygen atoms in total. The van der Waals surface area contributed by atoms with Crippen LogP contribution in [0.1, 0.15) is 20.8 Å². The molecule has 0 radical (unpaired) electrons. The van der Waals surface area contributed by atoms with Crippen molar-refractivity contribution in [3.05, 3.63) is 82.0 Å². The van der Waals surface area contributed by atoms with Crippen LogP contribution in [0.3, 0.4) is 0 Å². The van der Waals surface area contributed by atoms with Crippen LogP contribution in [0.5, 0.6) is 5.75 Å². The van der Waals surface area contributed by atoms with Gasteiger partial charge in [-0.1, -0.05) is 30.3 Å². The number of anilines is 1. The Labute approximate surface area is 186 Å². The van der Waals surface area contributed by atoms with Crippen LogP contribution in [0.4, 0.5) is 5.82 Å². The maximum Gasteiger partial charge on any atom is 0.257 e. The molecule has 5 aromatic rings. The predicted molar refractivity (Wildman–Crippen MR) is 126 cm³/mol. The molecule has 0 bridgehead atoms. The van der Waals surface area contributed by atoms with Crippen molar-refractivity contribution in [2.45, 2.75) is 6.54 Å². The number of hydrogen-bond acceptors (Lipinski definition) is 7. The lowest BCUT2D eigenvalue weighted by Gasteiger charge is -2.04. The zero-order chi connectivity index (χ0) is 22.1. The number of nitrogens with zero attached hydrogens (tertiary/aromatic N) is 4. The number of para-hydroxylation sites is 2. The molecule has 3 heterocycles. The number of nitrogens with two attached hydrogens (primary N) is 1. The Bertz CT molecular complexity index is 1470. The van der Waals surface area contributed by atoms with Gasteiger partial charge in [0.05, 0.1) is 23.8 Å². The second kappa shape index (κ2) is 8.12. The average molecular weight is 443 g/mol. The molecule has 0 fully saturated rings. The maximum absolute atomic E-state index is 13.1. The van der Waals surface area contributed by atoms with Gasteiger partial charge in [0.25, 0.3) is 5.91 Å². The molecule has 4 N–H and O–H groups in total. The van der Waals surface area contributed by atoms with E-state index in [2.05, 4.69) is 20.4 Å². The molecular formula is C23H18N6O2S. The number of nitrogen functional groups attached to an aromatic ring is 1. The number of aromatic nitrogens is 3. The smallest absolute Gasteiger partial charge is 0.257 e. The fourth-order valence-electron chi connectivity index (χ4n) is 3.39. The average Bonchev–Trinajstić information content (AvgIpc) is 3.40. The summed E-state index contributed by atoms with van der Waals surface area (Å²) in [4.78, 5) is 23.4. The van der Waals surface area contributed by atoms with Crippen molar-refractivity contribution in [1.82, 2.24) is 20.0 Å². The van der Waals surface area contributed by atoms with Gasteiger partial charge in [-0.05, 0) is 41.3 Å². The highest BCUT2D eigenvalue weighted by molar-refractivity contribution is 7.09. The van der Waals surface area contributed by atoms with Crippen molar-refractivity contribution in [3.63, 3.8) is 0 Å². The van der Waals surface area contributed by atoms with Crippen LogP contribution in [0.15, 0.2) is 71.1 Å². The third-order valence-corrected chi connectivity index (χ3v) is 5.77. The van der Waals surface area contributed by atoms with Crippen LogP contribution in [0.25, 0.3) is 22.2 Å². The number of amides is 1. The molecule has 0 saturated heterocycles. The summed E-state index contributed by atoms with van der Waals surface area (Å²) >= 11 is 1.56. The summed E-state index contributed by atoms with van der Waals surface area (Å²) in [5.41, 5.74) is 9.34. The van der Waals surface area contributed by atoms with Crippen molar-refractivity contribution in [2.75, 3.05) is 5.73 Å². The van der Waals surface area contributed by atoms with E-state index >= 15 is 0 Å². The van der Waals surface area contributed by atoms with E-state index in [9.17, 15) is 9.90 Å². The van der Waals surface area contributed by atoms with Crippen LogP contribution >= 0.6 is 11.3 Å². The molecular weight excluding hydrogens is 424 g/mol. The number of phenols is 1. The molecule has 5 rings (SSSR count). The highest BCUT2D eigenvalue weighted by atomic mass is 32.1. The highest BCUT2D eigenvalue weighted by Gasteiger charge is 2.24. The lowest BCUT2D eigenvalue weighted by Crippen LogP contribution is -2.23. The topological polar surface area (TPSA) is 118 Å². The molecule has 0 aliphatic carbocycles. The Morgan fingerprint density at radius 1 is 1.12 bits per heavy atom. The number of hydrogen-bond donors (Lipinski definition) is 3. The van der Waals surface area contributed by atoms with E-state index in [-0.39, 0.29) is 23.0 Å². The molecule has 0 unspecified atom stereocenters. The van der Waals surface area contributed by atoms with Gasteiger partial charge < -0.3 is 16.2 Å². The van der Waals surface area contributed by atoms with E-state index in [1.807, 2.05) is 41.8 Å². The number of nitrogens with one attached hydrogen (secondary N) is 1. The van der Waals surface area contributed by atoms with Gasteiger partial charge in [0.1, 0.15) is 22.6 Å². The molecule has 9 heteroatoms. The van der Waals surface area contributed by atoms with Gasteiger partial charge in [-0.25, -0.2) is 9.97 Å². The van der Waals surface area contributed by atoms with Crippen LogP contribution in [-0.4, -0.2) is 31.9 Å². The Hall–Kier alpha value is -4.24. The molecule has 3 aromatic heterocycles. The first kappa shape index (κ1) is 19.7. The zero-order valence-electron chi connectivity index (χ0n) is 16.8. The number of fused-ring (bicyclic) bond motifs is 2. The number of carbonyl (C=O) groups excluding carboxylic acids is 1. The summed E-state index contributed by atoms with van der Waals surface area (Å²) in [6.45, 7) is 0.385. The minimum Gasteiger partial charge on any atom is -0.508 e. The van der Waals surface area contributed by atoms with Gasteiger partial charge in [0.2, 0.25) is 0 Å². The summed E-state index contributed by atoms with van der Waals surface area (Å²) in [5.74, 6) is -0.0918. The first-order chi connectivity index (χ1) is 15.6. The minimum atomic E-state index is -0.350. The lowest BCUT2D eigenvalue weighted by atomic mass is 10.2. The van der Waals surface area contributed by atoms with E-state index in [0.717, 1.165) is 4.88 Å². The minimum absolute atomic E-state index is 0.124. The Morgan fingerprint density at radius 3 is 2.69 bits per heavy atom. The molecule has 2 aromatic carbocycles. The Morgan fingerprint density at radius 2 is 1.94 bits per heavy atom. The fraction of sp³-hybridized carbons (Fsp3) is 0.0435. The number of aromatic hydroxyl groups is 1. The molecule has 0 saturated carbocycles. The standard InChI is InChI=1S/C23H18N6O2S/c24-21-19(23(31)25-13-16-7-4-10-32-16)20-22(28-18-9-2-1-8-17(18)27-20)29(21)26-12-14-5-3-6-15(30)11-14/h1-12,30H,13,24H2,(H,25,31)/b26-12-. The molecule has 158 valence electrons. The normalized spacial score (nSPS) is 11.5. The third-order valence-electron chi connectivity index (χ3n) is 4.90. The number of thiophene rings is 1. The third kappa shape index (κ3) is 3.65. The fourth-order valence-corrected chi connectivity index (χ4v) is 4.03. The van der Waals surface area contributed by atoms with Crippen molar-refractivity contribution < 1.29 is 9.90 Å². The van der Waals surface area contributed by atoms with Gasteiger partial charge in [-0.15, -0.1) is 11.3 Å². The summed E-state index contributed by atoms with van der Waals surface area (Å²) in [6.07, 6.45) is 1.54. The van der Waals surface area contributed by atoms with E-state index in [1.165, 1.54) is 4.68 Å². The maximum atomic E-state index is 13.1. The molecule has 0 spiro atoms. The van der Waals surface area contributed by atoms with Gasteiger partial charge >= 0.3 is 0 Å². The van der Waals surface area contributed by atoms with Crippen molar-refractivity contribution in [3.8, 4) is 5.75 Å². The van der Waals surface area contributed by atoms with Gasteiger partial charge in [0, 0.05) is 4.88 Å². The summed E-state index contributed by atoms with van der Waals surface area (Å²) in [7, 11) is 0. The van der Waals surface area contributed by atoms with Crippen molar-refractivity contribution >= 4 is 51.5 Å². The number of phenolic OH excluding ortho intramolecular Hbond substituents is 1. The molecule has 0 aliphatic heterocycles. The largest absolute Gasteiger partial charge is 0.508 e. The molecule has 1 amide bonds. The Balaban J connectivity index is 1.62. The summed E-state index contributed by atoms with van der Waals surface area (Å²) in [5, 5.41) is 19.0. The van der Waals surface area contributed by atoms with Gasteiger partial charge in [-0.3, -0.25) is 4.79 Å². The second-order valence-electron chi connectivity index (χ2n) is 7.06. The lowest BCUT2D eigenvalue weighted by molar-refractivity contribution is 0.0953. The molecule has 0 aliphatic rings. The van der Waals surface area contributed by atoms with Gasteiger partial charge in [-0.2, -0.15) is 9.78 Å². The summed E-state index contributed by atoms with van der Waals surface area (Å²) in [6, 6.07) is 17.9. The van der Waals surface area contributed by atoms with Gasteiger partial charge in [0.15, 0.2) is 5.65 Å². The van der Waals surface area contributed by atoms with E-state index in [0.29, 0.717) is 34.3 Å². The van der Waals surface area contributed by atoms with Crippen molar-refractivity contribution in [2.24, 2.45) is 5.10 Å². The first-order valence-corrected chi connectivity index (χ1v) is 10.7. The highest BCUT2D eigenvalue weighted by Crippen LogP contribution is 2.28. The Kier molecular flexibility index (Phi) is 5.00. The number of benzene rings is 2. The van der Waals surface area contributed by atoms with E-state index in [1.54, 1.807) is 41.8 Å². The van der Waals surface area contributed by atoms with Crippen LogP contribution in [0, 0.1) is 0 Å². The molecule has 0 atom stereocenters. The first-order valence-electron chi connectivity index (χ1n) is 9.81. The number of rotatable bonds is 5. The predicted octanol–water partition coefficient (Wildman–Crippen LogP) is 3.75. The number of carbonyl (C=O) groups is 1. The van der Waals surface area contributed by atoms with Crippen molar-refractivity contribution in [1.29, 1.82) is 0 Å². The zero-order valence-corrected chi connectivity index (χ0v) is 17.6. The monoisotopic (exact) mass is 442 g/mol. The second-order valence-corrected chi connectivity index (χ2v) is 8.09. The molecule has 32 heavy (non-hydrogen) atoms. The summed E-state index contributed by atoms with van der Waals surface area (Å²) < 4.78 is 1.40. The van der Waals surface area contributed by atoms with E-state index < -0.39 is 0 Å².